The number of rotatable bonds is 3. The number of fused-ring (bicyclic) bond motifs is 1. The van der Waals surface area contributed by atoms with Crippen molar-refractivity contribution < 1.29 is 9.21 Å². The molecule has 25 heavy (non-hydrogen) atoms. The molecule has 1 saturated heterocycles. The maximum Gasteiger partial charge on any atom is 0.277 e. The molecule has 0 radical (unpaired) electrons. The van der Waals surface area contributed by atoms with Gasteiger partial charge in [0.25, 0.3) is 5.91 Å². The van der Waals surface area contributed by atoms with Gasteiger partial charge in [0.2, 0.25) is 0 Å². The van der Waals surface area contributed by atoms with Gasteiger partial charge in [0, 0.05) is 11.3 Å². The molecule has 2 aromatic heterocycles. The number of benzene rings is 1. The van der Waals surface area contributed by atoms with Crippen molar-refractivity contribution in [2.24, 2.45) is 0 Å². The molecular formula is C19H20N4O2. The van der Waals surface area contributed by atoms with Gasteiger partial charge in [-0.05, 0) is 50.6 Å². The third-order valence-electron chi connectivity index (χ3n) is 4.62. The summed E-state index contributed by atoms with van der Waals surface area (Å²) in [7, 11) is 0. The average Bonchev–Trinajstić information content (AvgIpc) is 3.12. The summed E-state index contributed by atoms with van der Waals surface area (Å²) in [5.41, 5.74) is 3.09. The Balaban J connectivity index is 1.56. The predicted octanol–water partition coefficient (Wildman–Crippen LogP) is 3.25. The van der Waals surface area contributed by atoms with Crippen molar-refractivity contribution in [3.05, 3.63) is 53.9 Å². The molecule has 0 saturated carbocycles. The van der Waals surface area contributed by atoms with E-state index in [9.17, 15) is 4.79 Å². The molecule has 2 N–H and O–H groups in total. The summed E-state index contributed by atoms with van der Waals surface area (Å²) in [5.74, 6) is 0.668. The quantitative estimate of drug-likeness (QED) is 0.767. The number of hydrogen-bond donors (Lipinski definition) is 2. The normalized spacial score (nSPS) is 15.4. The predicted molar refractivity (Wildman–Crippen MR) is 95.8 cm³/mol. The number of amides is 1. The van der Waals surface area contributed by atoms with Crippen LogP contribution in [0.5, 0.6) is 0 Å². The first-order chi connectivity index (χ1) is 12.2. The SMILES string of the molecule is Cc1ccc2cc(NC(=O)c3ncoc3C3CCNCC3)cnc2c1. The van der Waals surface area contributed by atoms with Crippen molar-refractivity contribution >= 4 is 22.5 Å². The van der Waals surface area contributed by atoms with E-state index in [1.807, 2.05) is 31.2 Å². The fourth-order valence-corrected chi connectivity index (χ4v) is 3.29. The minimum Gasteiger partial charge on any atom is -0.447 e. The van der Waals surface area contributed by atoms with Gasteiger partial charge >= 0.3 is 0 Å². The van der Waals surface area contributed by atoms with Gasteiger partial charge in [-0.2, -0.15) is 0 Å². The smallest absolute Gasteiger partial charge is 0.277 e. The van der Waals surface area contributed by atoms with E-state index >= 15 is 0 Å². The Hall–Kier alpha value is -2.73. The van der Waals surface area contributed by atoms with Gasteiger partial charge in [-0.25, -0.2) is 4.98 Å². The molecule has 0 spiro atoms. The van der Waals surface area contributed by atoms with Crippen molar-refractivity contribution in [2.75, 3.05) is 18.4 Å². The highest BCUT2D eigenvalue weighted by Crippen LogP contribution is 2.28. The lowest BCUT2D eigenvalue weighted by Gasteiger charge is -2.21. The van der Waals surface area contributed by atoms with Crippen LogP contribution in [-0.4, -0.2) is 29.0 Å². The van der Waals surface area contributed by atoms with Crippen LogP contribution in [0, 0.1) is 6.92 Å². The molecule has 6 nitrogen and oxygen atoms in total. The number of nitrogens with zero attached hydrogens (tertiary/aromatic N) is 2. The van der Waals surface area contributed by atoms with Crippen molar-refractivity contribution in [3.8, 4) is 0 Å². The zero-order chi connectivity index (χ0) is 17.2. The number of anilines is 1. The van der Waals surface area contributed by atoms with E-state index in [1.54, 1.807) is 6.20 Å². The van der Waals surface area contributed by atoms with E-state index in [2.05, 4.69) is 20.6 Å². The summed E-state index contributed by atoms with van der Waals surface area (Å²) < 4.78 is 5.53. The van der Waals surface area contributed by atoms with Crippen molar-refractivity contribution in [1.82, 2.24) is 15.3 Å². The number of piperidine rings is 1. The number of aromatic nitrogens is 2. The highest BCUT2D eigenvalue weighted by atomic mass is 16.3. The summed E-state index contributed by atoms with van der Waals surface area (Å²) in [6, 6.07) is 7.98. The first-order valence-electron chi connectivity index (χ1n) is 8.52. The lowest BCUT2D eigenvalue weighted by atomic mass is 9.94. The molecule has 0 atom stereocenters. The summed E-state index contributed by atoms with van der Waals surface area (Å²) in [5, 5.41) is 7.19. The minimum atomic E-state index is -0.254. The maximum absolute atomic E-state index is 12.7. The average molecular weight is 336 g/mol. The van der Waals surface area contributed by atoms with E-state index < -0.39 is 0 Å². The van der Waals surface area contributed by atoms with Crippen molar-refractivity contribution in [1.29, 1.82) is 0 Å². The molecule has 1 aliphatic rings. The topological polar surface area (TPSA) is 80.0 Å². The molecule has 0 aliphatic carbocycles. The van der Waals surface area contributed by atoms with Crippen LogP contribution in [0.1, 0.15) is 40.6 Å². The number of nitrogens with one attached hydrogen (secondary N) is 2. The largest absolute Gasteiger partial charge is 0.447 e. The Morgan fingerprint density at radius 1 is 1.24 bits per heavy atom. The van der Waals surface area contributed by atoms with Gasteiger partial charge in [-0.3, -0.25) is 9.78 Å². The first-order valence-corrected chi connectivity index (χ1v) is 8.52. The summed E-state index contributed by atoms with van der Waals surface area (Å²) >= 11 is 0. The zero-order valence-electron chi connectivity index (χ0n) is 14.1. The molecule has 4 rings (SSSR count). The third-order valence-corrected chi connectivity index (χ3v) is 4.62. The van der Waals surface area contributed by atoms with Gasteiger partial charge in [-0.15, -0.1) is 0 Å². The standard InChI is InChI=1S/C19H20N4O2/c1-12-2-3-14-9-15(10-21-16(14)8-12)23-19(24)17-18(25-11-22-17)13-4-6-20-7-5-13/h2-3,8-11,13,20H,4-7H2,1H3,(H,23,24). The highest BCUT2D eigenvalue weighted by Gasteiger charge is 2.26. The van der Waals surface area contributed by atoms with Crippen molar-refractivity contribution in [3.63, 3.8) is 0 Å². The Kier molecular flexibility index (Phi) is 4.19. The third kappa shape index (κ3) is 3.25. The number of pyridine rings is 1. The van der Waals surface area contributed by atoms with Gasteiger partial charge in [0.1, 0.15) is 5.76 Å². The summed E-state index contributed by atoms with van der Waals surface area (Å²) in [4.78, 5) is 21.2. The van der Waals surface area contributed by atoms with Crippen LogP contribution in [0.25, 0.3) is 10.9 Å². The number of hydrogen-bond acceptors (Lipinski definition) is 5. The number of carbonyl (C=O) groups excluding carboxylic acids is 1. The van der Waals surface area contributed by atoms with Gasteiger partial charge in [0.15, 0.2) is 12.1 Å². The fourth-order valence-electron chi connectivity index (χ4n) is 3.29. The minimum absolute atomic E-state index is 0.238. The maximum atomic E-state index is 12.7. The Morgan fingerprint density at radius 2 is 2.08 bits per heavy atom. The number of carbonyl (C=O) groups is 1. The van der Waals surface area contributed by atoms with Gasteiger partial charge in [-0.1, -0.05) is 12.1 Å². The Bertz CT molecular complexity index is 913. The van der Waals surface area contributed by atoms with Crippen LogP contribution in [0.3, 0.4) is 0 Å². The second-order valence-electron chi connectivity index (χ2n) is 6.46. The second kappa shape index (κ2) is 6.64. The number of oxazole rings is 1. The molecule has 6 heteroatoms. The molecule has 3 aromatic rings. The lowest BCUT2D eigenvalue weighted by Crippen LogP contribution is -2.27. The van der Waals surface area contributed by atoms with Crippen LogP contribution in [0.4, 0.5) is 5.69 Å². The van der Waals surface area contributed by atoms with Crippen LogP contribution in [-0.2, 0) is 0 Å². The van der Waals surface area contributed by atoms with Gasteiger partial charge < -0.3 is 15.1 Å². The summed E-state index contributed by atoms with van der Waals surface area (Å²) in [6.07, 6.45) is 4.93. The molecule has 128 valence electrons. The second-order valence-corrected chi connectivity index (χ2v) is 6.46. The Labute approximate surface area is 145 Å². The molecule has 1 fully saturated rings. The highest BCUT2D eigenvalue weighted by molar-refractivity contribution is 6.04. The fraction of sp³-hybridized carbons (Fsp3) is 0.316. The monoisotopic (exact) mass is 336 g/mol. The molecule has 0 bridgehead atoms. The van der Waals surface area contributed by atoms with E-state index in [1.165, 1.54) is 6.39 Å². The molecule has 1 aromatic carbocycles. The Morgan fingerprint density at radius 3 is 2.92 bits per heavy atom. The van der Waals surface area contributed by atoms with Crippen molar-refractivity contribution in [2.45, 2.75) is 25.7 Å². The van der Waals surface area contributed by atoms with Gasteiger partial charge in [0.05, 0.1) is 17.4 Å². The lowest BCUT2D eigenvalue weighted by molar-refractivity contribution is 0.102. The summed E-state index contributed by atoms with van der Waals surface area (Å²) in [6.45, 7) is 3.89. The molecular weight excluding hydrogens is 316 g/mol. The molecule has 1 amide bonds. The zero-order valence-corrected chi connectivity index (χ0v) is 14.1. The molecule has 0 unspecified atom stereocenters. The van der Waals surface area contributed by atoms with E-state index in [4.69, 9.17) is 4.42 Å². The molecule has 3 heterocycles. The van der Waals surface area contributed by atoms with Crippen LogP contribution >= 0.6 is 0 Å². The van der Waals surface area contributed by atoms with E-state index in [-0.39, 0.29) is 11.8 Å². The van der Waals surface area contributed by atoms with E-state index in [0.717, 1.165) is 42.4 Å². The van der Waals surface area contributed by atoms with E-state index in [0.29, 0.717) is 17.1 Å². The van der Waals surface area contributed by atoms with Crippen LogP contribution in [0.15, 0.2) is 41.3 Å². The van der Waals surface area contributed by atoms with Crippen LogP contribution < -0.4 is 10.6 Å². The van der Waals surface area contributed by atoms with Crippen LogP contribution in [0.2, 0.25) is 0 Å². The first kappa shape index (κ1) is 15.8. The molecule has 1 aliphatic heterocycles. The number of aryl methyl sites for hydroxylation is 1.